The monoisotopic (exact) mass is 485 g/mol. The van der Waals surface area contributed by atoms with Gasteiger partial charge < -0.3 is 19.0 Å². The number of nitrogens with one attached hydrogen (secondary N) is 1. The maximum Gasteiger partial charge on any atom is 0.339 e. The highest BCUT2D eigenvalue weighted by Gasteiger charge is 2.25. The highest BCUT2D eigenvalue weighted by molar-refractivity contribution is 8.26. The van der Waals surface area contributed by atoms with Gasteiger partial charge in [-0.25, -0.2) is 0 Å². The van der Waals surface area contributed by atoms with E-state index in [0.29, 0.717) is 20.5 Å². The largest absolute Gasteiger partial charge is 0.497 e. The van der Waals surface area contributed by atoms with E-state index >= 15 is 0 Å². The molecule has 0 radical (unpaired) electrons. The standard InChI is InChI=1S/C19H16ClNO6S3/c1-3-26-15-9-11(10-16-18(22)21-19(28)29-16)8-14(20)17(15)27-30(23,24)13-6-4-12(25-2)5-7-13/h4-10H,3H2,1-2H3,(H,21,22,28)/b16-10-. The molecule has 0 bridgehead atoms. The van der Waals surface area contributed by atoms with Crippen LogP contribution in [0.5, 0.6) is 17.2 Å². The van der Waals surface area contributed by atoms with Gasteiger partial charge in [-0.2, -0.15) is 8.42 Å². The van der Waals surface area contributed by atoms with Crippen molar-refractivity contribution in [1.29, 1.82) is 0 Å². The second kappa shape index (κ2) is 9.25. The zero-order valence-corrected chi connectivity index (χ0v) is 19.0. The van der Waals surface area contributed by atoms with Gasteiger partial charge in [-0.1, -0.05) is 35.6 Å². The number of benzene rings is 2. The van der Waals surface area contributed by atoms with Crippen molar-refractivity contribution in [2.45, 2.75) is 11.8 Å². The summed E-state index contributed by atoms with van der Waals surface area (Å²) >= 11 is 12.4. The van der Waals surface area contributed by atoms with Crippen molar-refractivity contribution in [2.75, 3.05) is 13.7 Å². The van der Waals surface area contributed by atoms with Crippen molar-refractivity contribution in [3.63, 3.8) is 0 Å². The van der Waals surface area contributed by atoms with Gasteiger partial charge >= 0.3 is 10.1 Å². The molecule has 1 aliphatic heterocycles. The molecule has 1 saturated heterocycles. The molecule has 2 aromatic rings. The van der Waals surface area contributed by atoms with Crippen molar-refractivity contribution in [3.05, 3.63) is 51.9 Å². The van der Waals surface area contributed by atoms with Crippen LogP contribution in [-0.4, -0.2) is 32.4 Å². The lowest BCUT2D eigenvalue weighted by Gasteiger charge is -2.14. The van der Waals surface area contributed by atoms with Gasteiger partial charge in [-0.3, -0.25) is 4.79 Å². The van der Waals surface area contributed by atoms with Gasteiger partial charge in [0.2, 0.25) is 5.75 Å². The van der Waals surface area contributed by atoms with Crippen molar-refractivity contribution in [2.24, 2.45) is 0 Å². The molecule has 0 spiro atoms. The van der Waals surface area contributed by atoms with Crippen LogP contribution >= 0.6 is 35.6 Å². The van der Waals surface area contributed by atoms with Gasteiger partial charge in [-0.15, -0.1) is 0 Å². The molecule has 0 atom stereocenters. The maximum absolute atomic E-state index is 12.7. The van der Waals surface area contributed by atoms with Gasteiger partial charge in [0, 0.05) is 0 Å². The fraction of sp³-hybridized carbons (Fsp3) is 0.158. The molecule has 30 heavy (non-hydrogen) atoms. The van der Waals surface area contributed by atoms with Crippen LogP contribution in [0.3, 0.4) is 0 Å². The molecule has 7 nitrogen and oxygen atoms in total. The van der Waals surface area contributed by atoms with Gasteiger partial charge in [-0.05, 0) is 55.0 Å². The average molecular weight is 486 g/mol. The van der Waals surface area contributed by atoms with E-state index in [0.717, 1.165) is 11.8 Å². The molecular formula is C19H16ClNO6S3. The Morgan fingerprint density at radius 3 is 2.50 bits per heavy atom. The Hall–Kier alpha value is -2.27. The van der Waals surface area contributed by atoms with Crippen molar-refractivity contribution in [3.8, 4) is 17.2 Å². The normalized spacial score (nSPS) is 15.2. The summed E-state index contributed by atoms with van der Waals surface area (Å²) in [6, 6.07) is 8.75. The second-order valence-electron chi connectivity index (χ2n) is 5.83. The fourth-order valence-electron chi connectivity index (χ4n) is 2.49. The lowest BCUT2D eigenvalue weighted by atomic mass is 10.2. The zero-order valence-electron chi connectivity index (χ0n) is 15.8. The molecule has 1 aliphatic rings. The van der Waals surface area contributed by atoms with E-state index < -0.39 is 10.1 Å². The van der Waals surface area contributed by atoms with Gasteiger partial charge in [0.15, 0.2) is 5.75 Å². The SMILES string of the molecule is CCOc1cc(/C=C2\SC(=S)NC2=O)cc(Cl)c1OS(=O)(=O)c1ccc(OC)cc1. The summed E-state index contributed by atoms with van der Waals surface area (Å²) in [6.45, 7) is 1.98. The Kier molecular flexibility index (Phi) is 6.91. The molecule has 0 unspecified atom stereocenters. The van der Waals surface area contributed by atoms with Gasteiger partial charge in [0.05, 0.1) is 23.6 Å². The minimum Gasteiger partial charge on any atom is -0.497 e. The highest BCUT2D eigenvalue weighted by Crippen LogP contribution is 2.40. The zero-order chi connectivity index (χ0) is 21.9. The van der Waals surface area contributed by atoms with Crippen LogP contribution in [0.2, 0.25) is 5.02 Å². The van der Waals surface area contributed by atoms with E-state index in [1.54, 1.807) is 13.0 Å². The molecule has 3 rings (SSSR count). The Bertz CT molecular complexity index is 1130. The minimum atomic E-state index is -4.17. The quantitative estimate of drug-likeness (QED) is 0.357. The lowest BCUT2D eigenvalue weighted by Crippen LogP contribution is -2.17. The van der Waals surface area contributed by atoms with Crippen molar-refractivity contribution in [1.82, 2.24) is 5.32 Å². The first kappa shape index (κ1) is 22.4. The summed E-state index contributed by atoms with van der Waals surface area (Å²) in [6.07, 6.45) is 1.58. The molecule has 11 heteroatoms. The Balaban J connectivity index is 1.97. The van der Waals surface area contributed by atoms with Crippen molar-refractivity contribution >= 4 is 62.0 Å². The van der Waals surface area contributed by atoms with E-state index in [1.165, 1.54) is 43.5 Å². The summed E-state index contributed by atoms with van der Waals surface area (Å²) in [7, 11) is -2.70. The van der Waals surface area contributed by atoms with Crippen LogP contribution in [0.4, 0.5) is 0 Å². The van der Waals surface area contributed by atoms with E-state index in [-0.39, 0.29) is 33.9 Å². The molecule has 0 aliphatic carbocycles. The average Bonchev–Trinajstić information content (AvgIpc) is 3.01. The third-order valence-corrected chi connectivity index (χ3v) is 6.49. The van der Waals surface area contributed by atoms with E-state index in [1.807, 2.05) is 0 Å². The van der Waals surface area contributed by atoms with E-state index in [2.05, 4.69) is 5.32 Å². The van der Waals surface area contributed by atoms with Gasteiger partial charge in [0.1, 0.15) is 15.0 Å². The number of hydrogen-bond acceptors (Lipinski definition) is 8. The number of ether oxygens (including phenoxy) is 2. The van der Waals surface area contributed by atoms with Crippen LogP contribution < -0.4 is 19.0 Å². The number of methoxy groups -OCH3 is 1. The van der Waals surface area contributed by atoms with Crippen LogP contribution in [0.25, 0.3) is 6.08 Å². The number of rotatable bonds is 7. The minimum absolute atomic E-state index is 0.0101. The van der Waals surface area contributed by atoms with Crippen LogP contribution in [0, 0.1) is 0 Å². The smallest absolute Gasteiger partial charge is 0.339 e. The molecular weight excluding hydrogens is 470 g/mol. The first-order valence-corrected chi connectivity index (χ1v) is 11.5. The molecule has 1 fully saturated rings. The predicted molar refractivity (Wildman–Crippen MR) is 120 cm³/mol. The Labute approximate surface area is 188 Å². The summed E-state index contributed by atoms with van der Waals surface area (Å²) in [5.41, 5.74) is 0.528. The predicted octanol–water partition coefficient (Wildman–Crippen LogP) is 4.00. The van der Waals surface area contributed by atoms with Crippen LogP contribution in [-0.2, 0) is 14.9 Å². The van der Waals surface area contributed by atoms with Gasteiger partial charge in [0.25, 0.3) is 5.91 Å². The first-order chi connectivity index (χ1) is 14.2. The van der Waals surface area contributed by atoms with Crippen molar-refractivity contribution < 1.29 is 26.9 Å². The van der Waals surface area contributed by atoms with E-state index in [4.69, 9.17) is 37.5 Å². The third-order valence-electron chi connectivity index (χ3n) is 3.81. The number of hydrogen-bond donors (Lipinski definition) is 1. The number of amides is 1. The maximum atomic E-state index is 12.7. The number of carbonyl (C=O) groups excluding carboxylic acids is 1. The topological polar surface area (TPSA) is 90.9 Å². The summed E-state index contributed by atoms with van der Waals surface area (Å²) in [4.78, 5) is 12.2. The molecule has 0 saturated carbocycles. The number of thiocarbonyl (C=S) groups is 1. The number of halogens is 1. The Morgan fingerprint density at radius 2 is 1.93 bits per heavy atom. The molecule has 0 aromatic heterocycles. The molecule has 2 aromatic carbocycles. The molecule has 1 N–H and O–H groups in total. The number of carbonyl (C=O) groups is 1. The molecule has 158 valence electrons. The molecule has 1 amide bonds. The number of thioether (sulfide) groups is 1. The molecule has 1 heterocycles. The fourth-order valence-corrected chi connectivity index (χ4v) is 4.79. The van der Waals surface area contributed by atoms with Crippen LogP contribution in [0.1, 0.15) is 12.5 Å². The third kappa shape index (κ3) is 5.07. The van der Waals surface area contributed by atoms with Crippen LogP contribution in [0.15, 0.2) is 46.2 Å². The van der Waals surface area contributed by atoms with E-state index in [9.17, 15) is 13.2 Å². The highest BCUT2D eigenvalue weighted by atomic mass is 35.5. The lowest BCUT2D eigenvalue weighted by molar-refractivity contribution is -0.115. The Morgan fingerprint density at radius 1 is 1.23 bits per heavy atom. The first-order valence-electron chi connectivity index (χ1n) is 8.53. The summed E-state index contributed by atoms with van der Waals surface area (Å²) < 4.78 is 41.6. The summed E-state index contributed by atoms with van der Waals surface area (Å²) in [5.74, 6) is 0.171. The summed E-state index contributed by atoms with van der Waals surface area (Å²) in [5, 5.41) is 2.53. The second-order valence-corrected chi connectivity index (χ2v) is 9.50.